The van der Waals surface area contributed by atoms with Crippen LogP contribution in [0.1, 0.15) is 49.7 Å². The van der Waals surface area contributed by atoms with E-state index in [4.69, 9.17) is 0 Å². The number of nitrogens with zero attached hydrogens (tertiary/aromatic N) is 1. The molecule has 2 amide bonds. The van der Waals surface area contributed by atoms with Crippen LogP contribution in [0.15, 0.2) is 34.1 Å². The summed E-state index contributed by atoms with van der Waals surface area (Å²) in [5.41, 5.74) is 1.44. The lowest BCUT2D eigenvalue weighted by Gasteiger charge is -2.21. The van der Waals surface area contributed by atoms with Crippen LogP contribution < -0.4 is 10.6 Å². The van der Waals surface area contributed by atoms with Gasteiger partial charge in [0.05, 0.1) is 11.3 Å². The first kappa shape index (κ1) is 19.6. The second kappa shape index (κ2) is 8.58. The van der Waals surface area contributed by atoms with Crippen molar-refractivity contribution in [3.05, 3.63) is 45.4 Å². The summed E-state index contributed by atoms with van der Waals surface area (Å²) in [4.78, 5) is 29.5. The molecule has 2 aromatic rings. The van der Waals surface area contributed by atoms with Gasteiger partial charge in [-0.25, -0.2) is 4.98 Å². The van der Waals surface area contributed by atoms with E-state index in [-0.39, 0.29) is 17.7 Å². The lowest BCUT2D eigenvalue weighted by molar-refractivity contribution is -0.118. The van der Waals surface area contributed by atoms with Gasteiger partial charge in [0.15, 0.2) is 5.13 Å². The number of carbonyl (C=O) groups is 2. The summed E-state index contributed by atoms with van der Waals surface area (Å²) >= 11 is 4.75. The molecule has 7 heteroatoms. The molecule has 1 aromatic heterocycles. The third-order valence-electron chi connectivity index (χ3n) is 3.70. The van der Waals surface area contributed by atoms with E-state index in [1.165, 1.54) is 11.3 Å². The van der Waals surface area contributed by atoms with Crippen LogP contribution in [-0.2, 0) is 4.79 Å². The molecule has 0 fully saturated rings. The van der Waals surface area contributed by atoms with Crippen molar-refractivity contribution < 1.29 is 9.59 Å². The first-order valence-corrected chi connectivity index (χ1v) is 9.78. The van der Waals surface area contributed by atoms with Crippen molar-refractivity contribution in [2.24, 2.45) is 5.92 Å². The van der Waals surface area contributed by atoms with Gasteiger partial charge in [0, 0.05) is 9.85 Å². The number of halogens is 1. The predicted octanol–water partition coefficient (Wildman–Crippen LogP) is 4.42. The van der Waals surface area contributed by atoms with Gasteiger partial charge in [-0.05, 0) is 39.9 Å². The number of benzene rings is 1. The van der Waals surface area contributed by atoms with Crippen LogP contribution >= 0.6 is 27.3 Å². The zero-order valence-electron chi connectivity index (χ0n) is 14.7. The SMILES string of the molecule is CC(C)c1csc(NC(=O)[C@H](NC(=O)c2ccccc2Br)C(C)C)n1. The molecule has 0 radical (unpaired) electrons. The molecule has 2 rings (SSSR count). The zero-order chi connectivity index (χ0) is 18.6. The van der Waals surface area contributed by atoms with Crippen molar-refractivity contribution >= 4 is 44.2 Å². The minimum absolute atomic E-state index is 0.0593. The Kier molecular flexibility index (Phi) is 6.72. The molecule has 1 aromatic carbocycles. The van der Waals surface area contributed by atoms with E-state index in [9.17, 15) is 9.59 Å². The topological polar surface area (TPSA) is 71.1 Å². The molecular formula is C18H22BrN3O2S. The number of rotatable bonds is 6. The number of carbonyl (C=O) groups excluding carboxylic acids is 2. The fourth-order valence-corrected chi connectivity index (χ4v) is 3.53. The molecule has 2 N–H and O–H groups in total. The van der Waals surface area contributed by atoms with E-state index < -0.39 is 6.04 Å². The van der Waals surface area contributed by atoms with E-state index in [2.05, 4.69) is 45.4 Å². The maximum absolute atomic E-state index is 12.6. The highest BCUT2D eigenvalue weighted by atomic mass is 79.9. The molecule has 1 heterocycles. The van der Waals surface area contributed by atoms with E-state index >= 15 is 0 Å². The summed E-state index contributed by atoms with van der Waals surface area (Å²) in [7, 11) is 0. The van der Waals surface area contributed by atoms with E-state index in [0.717, 1.165) is 5.69 Å². The smallest absolute Gasteiger partial charge is 0.253 e. The van der Waals surface area contributed by atoms with Gasteiger partial charge in [-0.1, -0.05) is 39.8 Å². The fraction of sp³-hybridized carbons (Fsp3) is 0.389. The first-order chi connectivity index (χ1) is 11.8. The normalized spacial score (nSPS) is 12.3. The molecular weight excluding hydrogens is 402 g/mol. The Bertz CT molecular complexity index is 758. The number of hydrogen-bond acceptors (Lipinski definition) is 4. The van der Waals surface area contributed by atoms with Gasteiger partial charge in [-0.3, -0.25) is 9.59 Å². The van der Waals surface area contributed by atoms with Crippen LogP contribution in [0.4, 0.5) is 5.13 Å². The molecule has 0 saturated carbocycles. The number of hydrogen-bond donors (Lipinski definition) is 2. The van der Waals surface area contributed by atoms with Crippen LogP contribution in [0.3, 0.4) is 0 Å². The maximum atomic E-state index is 12.6. The van der Waals surface area contributed by atoms with Gasteiger partial charge in [-0.2, -0.15) is 0 Å². The Labute approximate surface area is 160 Å². The molecule has 0 unspecified atom stereocenters. The molecule has 0 spiro atoms. The lowest BCUT2D eigenvalue weighted by atomic mass is 10.0. The van der Waals surface area contributed by atoms with Crippen LogP contribution in [0.2, 0.25) is 0 Å². The Morgan fingerprint density at radius 2 is 1.84 bits per heavy atom. The minimum atomic E-state index is -0.647. The quantitative estimate of drug-likeness (QED) is 0.721. The van der Waals surface area contributed by atoms with E-state index in [0.29, 0.717) is 21.1 Å². The van der Waals surface area contributed by atoms with Crippen LogP contribution in [0.5, 0.6) is 0 Å². The highest BCUT2D eigenvalue weighted by Gasteiger charge is 2.26. The molecule has 0 bridgehead atoms. The second-order valence-corrected chi connectivity index (χ2v) is 8.11. The van der Waals surface area contributed by atoms with Gasteiger partial charge in [0.1, 0.15) is 6.04 Å². The highest BCUT2D eigenvalue weighted by Crippen LogP contribution is 2.22. The third kappa shape index (κ3) is 5.12. The largest absolute Gasteiger partial charge is 0.340 e. The van der Waals surface area contributed by atoms with E-state index in [1.807, 2.05) is 25.3 Å². The van der Waals surface area contributed by atoms with Crippen LogP contribution in [0, 0.1) is 5.92 Å². The third-order valence-corrected chi connectivity index (χ3v) is 5.17. The second-order valence-electron chi connectivity index (χ2n) is 6.40. The molecule has 134 valence electrons. The number of aromatic nitrogens is 1. The highest BCUT2D eigenvalue weighted by molar-refractivity contribution is 9.10. The van der Waals surface area contributed by atoms with Crippen molar-refractivity contribution in [2.45, 2.75) is 39.7 Å². The van der Waals surface area contributed by atoms with Gasteiger partial charge >= 0.3 is 0 Å². The first-order valence-electron chi connectivity index (χ1n) is 8.11. The Balaban J connectivity index is 2.10. The van der Waals surface area contributed by atoms with Gasteiger partial charge in [-0.15, -0.1) is 11.3 Å². The minimum Gasteiger partial charge on any atom is -0.340 e. The molecule has 0 aliphatic carbocycles. The molecule has 0 saturated heterocycles. The van der Waals surface area contributed by atoms with Crippen LogP contribution in [-0.4, -0.2) is 22.8 Å². The standard InChI is InChI=1S/C18H22BrN3O2S/c1-10(2)14-9-25-18(20-14)22-17(24)15(11(3)4)21-16(23)12-7-5-6-8-13(12)19/h5-11,15H,1-4H3,(H,21,23)(H,20,22,24)/t15-/m1/s1. The average Bonchev–Trinajstić information content (AvgIpc) is 3.01. The number of amides is 2. The Hall–Kier alpha value is -1.73. The van der Waals surface area contributed by atoms with Crippen molar-refractivity contribution in [3.63, 3.8) is 0 Å². The molecule has 1 atom stereocenters. The summed E-state index contributed by atoms with van der Waals surface area (Å²) in [6.07, 6.45) is 0. The molecule has 25 heavy (non-hydrogen) atoms. The summed E-state index contributed by atoms with van der Waals surface area (Å²) in [5, 5.41) is 8.12. The van der Waals surface area contributed by atoms with Crippen molar-refractivity contribution in [2.75, 3.05) is 5.32 Å². The van der Waals surface area contributed by atoms with Gasteiger partial charge in [0.25, 0.3) is 5.91 Å². The van der Waals surface area contributed by atoms with Crippen molar-refractivity contribution in [1.29, 1.82) is 0 Å². The summed E-state index contributed by atoms with van der Waals surface area (Å²) in [5.74, 6) is -0.308. The Morgan fingerprint density at radius 3 is 2.40 bits per heavy atom. The fourth-order valence-electron chi connectivity index (χ4n) is 2.19. The van der Waals surface area contributed by atoms with Gasteiger partial charge < -0.3 is 10.6 Å². The number of nitrogens with one attached hydrogen (secondary N) is 2. The molecule has 5 nitrogen and oxygen atoms in total. The monoisotopic (exact) mass is 423 g/mol. The number of anilines is 1. The van der Waals surface area contributed by atoms with E-state index in [1.54, 1.807) is 18.2 Å². The number of thiazole rings is 1. The average molecular weight is 424 g/mol. The molecule has 0 aliphatic rings. The van der Waals surface area contributed by atoms with Crippen molar-refractivity contribution in [1.82, 2.24) is 10.3 Å². The lowest BCUT2D eigenvalue weighted by Crippen LogP contribution is -2.47. The summed E-state index contributed by atoms with van der Waals surface area (Å²) in [6, 6.07) is 6.48. The maximum Gasteiger partial charge on any atom is 0.253 e. The summed E-state index contributed by atoms with van der Waals surface area (Å²) in [6.45, 7) is 7.89. The van der Waals surface area contributed by atoms with Crippen molar-refractivity contribution in [3.8, 4) is 0 Å². The summed E-state index contributed by atoms with van der Waals surface area (Å²) < 4.78 is 0.692. The predicted molar refractivity (Wildman–Crippen MR) is 105 cm³/mol. The Morgan fingerprint density at radius 1 is 1.16 bits per heavy atom. The van der Waals surface area contributed by atoms with Crippen LogP contribution in [0.25, 0.3) is 0 Å². The zero-order valence-corrected chi connectivity index (χ0v) is 17.1. The van der Waals surface area contributed by atoms with Gasteiger partial charge in [0.2, 0.25) is 5.91 Å². The molecule has 0 aliphatic heterocycles.